The summed E-state index contributed by atoms with van der Waals surface area (Å²) in [5, 5.41) is 19.2. The maximum Gasteiger partial charge on any atom is 0.308 e. The van der Waals surface area contributed by atoms with Crippen LogP contribution in [0.3, 0.4) is 0 Å². The van der Waals surface area contributed by atoms with E-state index in [1.165, 1.54) is 13.3 Å². The summed E-state index contributed by atoms with van der Waals surface area (Å²) in [4.78, 5) is 18.2. The zero-order chi connectivity index (χ0) is 13.0. The zero-order valence-corrected chi connectivity index (χ0v) is 10.3. The molecule has 0 fully saturated rings. The van der Waals surface area contributed by atoms with Gasteiger partial charge in [-0.05, 0) is 11.6 Å². The molecular formula is C9H10Cl2N2O4. The Bertz CT molecular complexity index is 416. The highest BCUT2D eigenvalue weighted by atomic mass is 35.5. The van der Waals surface area contributed by atoms with Gasteiger partial charge >= 0.3 is 5.97 Å². The lowest BCUT2D eigenvalue weighted by Crippen LogP contribution is -2.23. The van der Waals surface area contributed by atoms with Crippen molar-refractivity contribution >= 4 is 29.2 Å². The van der Waals surface area contributed by atoms with Crippen LogP contribution in [0.5, 0.6) is 0 Å². The Morgan fingerprint density at radius 1 is 1.53 bits per heavy atom. The summed E-state index contributed by atoms with van der Waals surface area (Å²) in [5.41, 5.74) is 0.0902. The number of esters is 1. The zero-order valence-electron chi connectivity index (χ0n) is 8.80. The molecule has 0 aromatic carbocycles. The SMILES string of the molecule is COC(=O)CC(O)C(O)c1cnc(Cl)nc1Cl. The lowest BCUT2D eigenvalue weighted by molar-refractivity contribution is -0.144. The van der Waals surface area contributed by atoms with Gasteiger partial charge in [-0.3, -0.25) is 4.79 Å². The molecule has 17 heavy (non-hydrogen) atoms. The minimum absolute atomic E-state index is 0.0755. The van der Waals surface area contributed by atoms with E-state index < -0.39 is 18.2 Å². The van der Waals surface area contributed by atoms with Crippen LogP contribution in [0.4, 0.5) is 0 Å². The van der Waals surface area contributed by atoms with Gasteiger partial charge in [-0.2, -0.15) is 0 Å². The monoisotopic (exact) mass is 280 g/mol. The van der Waals surface area contributed by atoms with E-state index in [0.717, 1.165) is 0 Å². The number of rotatable bonds is 4. The average molecular weight is 281 g/mol. The molecule has 1 rings (SSSR count). The molecule has 0 aliphatic carbocycles. The van der Waals surface area contributed by atoms with Crippen molar-refractivity contribution in [2.24, 2.45) is 0 Å². The van der Waals surface area contributed by atoms with Gasteiger partial charge in [0, 0.05) is 11.8 Å². The first-order valence-electron chi connectivity index (χ1n) is 4.56. The van der Waals surface area contributed by atoms with Gasteiger partial charge in [0.25, 0.3) is 0 Å². The third kappa shape index (κ3) is 3.78. The highest BCUT2D eigenvalue weighted by molar-refractivity contribution is 6.32. The van der Waals surface area contributed by atoms with Crippen LogP contribution in [-0.2, 0) is 9.53 Å². The van der Waals surface area contributed by atoms with Crippen molar-refractivity contribution in [1.82, 2.24) is 9.97 Å². The second-order valence-corrected chi connectivity index (χ2v) is 3.87. The summed E-state index contributed by atoms with van der Waals surface area (Å²) in [5.74, 6) is -0.650. The molecule has 2 unspecified atom stereocenters. The van der Waals surface area contributed by atoms with Gasteiger partial charge in [0.05, 0.1) is 19.6 Å². The number of methoxy groups -OCH3 is 1. The van der Waals surface area contributed by atoms with Gasteiger partial charge in [-0.25, -0.2) is 9.97 Å². The highest BCUT2D eigenvalue weighted by Crippen LogP contribution is 2.25. The molecule has 0 spiro atoms. The molecule has 0 saturated carbocycles. The van der Waals surface area contributed by atoms with Gasteiger partial charge in [0.2, 0.25) is 5.28 Å². The van der Waals surface area contributed by atoms with Gasteiger partial charge in [0.15, 0.2) is 0 Å². The first-order chi connectivity index (χ1) is 7.95. The number of ether oxygens (including phenoxy) is 1. The molecule has 0 aliphatic rings. The Labute approximate surface area is 107 Å². The molecule has 1 heterocycles. The summed E-state index contributed by atoms with van der Waals surface area (Å²) in [6.45, 7) is 0. The van der Waals surface area contributed by atoms with Crippen LogP contribution in [0.1, 0.15) is 18.1 Å². The van der Waals surface area contributed by atoms with Crippen molar-refractivity contribution in [1.29, 1.82) is 0 Å². The lowest BCUT2D eigenvalue weighted by atomic mass is 10.1. The quantitative estimate of drug-likeness (QED) is 0.480. The Morgan fingerprint density at radius 3 is 2.71 bits per heavy atom. The van der Waals surface area contributed by atoms with E-state index >= 15 is 0 Å². The minimum atomic E-state index is -1.39. The van der Waals surface area contributed by atoms with E-state index in [0.29, 0.717) is 0 Å². The van der Waals surface area contributed by atoms with Crippen LogP contribution in [0.2, 0.25) is 10.4 Å². The van der Waals surface area contributed by atoms with E-state index in [-0.39, 0.29) is 22.4 Å². The first kappa shape index (κ1) is 14.1. The first-order valence-corrected chi connectivity index (χ1v) is 5.32. The Kier molecular flexibility index (Phi) is 5.07. The van der Waals surface area contributed by atoms with Gasteiger partial charge < -0.3 is 14.9 Å². The number of hydrogen-bond acceptors (Lipinski definition) is 6. The molecule has 6 nitrogen and oxygen atoms in total. The number of aromatic nitrogens is 2. The van der Waals surface area contributed by atoms with Crippen LogP contribution in [0, 0.1) is 0 Å². The van der Waals surface area contributed by atoms with Crippen molar-refractivity contribution in [2.45, 2.75) is 18.6 Å². The summed E-state index contributed by atoms with van der Waals surface area (Å²) in [6.07, 6.45) is -1.93. The van der Waals surface area contributed by atoms with E-state index in [9.17, 15) is 15.0 Å². The van der Waals surface area contributed by atoms with Gasteiger partial charge in [0.1, 0.15) is 11.3 Å². The normalized spacial score (nSPS) is 14.2. The largest absolute Gasteiger partial charge is 0.469 e. The molecule has 0 radical (unpaired) electrons. The summed E-state index contributed by atoms with van der Waals surface area (Å²) >= 11 is 11.2. The molecule has 0 amide bonds. The molecule has 0 saturated heterocycles. The molecule has 1 aromatic heterocycles. The fourth-order valence-electron chi connectivity index (χ4n) is 1.12. The summed E-state index contributed by atoms with van der Waals surface area (Å²) in [6, 6.07) is 0. The number of hydrogen-bond donors (Lipinski definition) is 2. The maximum atomic E-state index is 10.9. The standard InChI is InChI=1S/C9H10Cl2N2O4/c1-17-6(15)2-5(14)7(16)4-3-12-9(11)13-8(4)10/h3,5,7,14,16H,2H2,1H3. The maximum absolute atomic E-state index is 10.9. The van der Waals surface area contributed by atoms with Crippen molar-refractivity contribution in [2.75, 3.05) is 7.11 Å². The fourth-order valence-corrected chi connectivity index (χ4v) is 1.54. The number of aliphatic hydroxyl groups is 2. The molecular weight excluding hydrogens is 271 g/mol. The molecule has 1 aromatic rings. The molecule has 94 valence electrons. The molecule has 0 aliphatic heterocycles. The van der Waals surface area contributed by atoms with Crippen molar-refractivity contribution < 1.29 is 19.7 Å². The van der Waals surface area contributed by atoms with Crippen LogP contribution in [0.15, 0.2) is 6.20 Å². The third-order valence-corrected chi connectivity index (χ3v) is 2.51. The van der Waals surface area contributed by atoms with E-state index in [2.05, 4.69) is 14.7 Å². The number of halogens is 2. The van der Waals surface area contributed by atoms with Gasteiger partial charge in [-0.15, -0.1) is 0 Å². The molecule has 0 bridgehead atoms. The number of carbonyl (C=O) groups is 1. The van der Waals surface area contributed by atoms with E-state index in [1.54, 1.807) is 0 Å². The van der Waals surface area contributed by atoms with Crippen LogP contribution in [0.25, 0.3) is 0 Å². The Hall–Kier alpha value is -0.950. The predicted octanol–water partition coefficient (Wildman–Crippen LogP) is 0.741. The fraction of sp³-hybridized carbons (Fsp3) is 0.444. The molecule has 2 atom stereocenters. The number of carbonyl (C=O) groups excluding carboxylic acids is 1. The van der Waals surface area contributed by atoms with E-state index in [1.807, 2.05) is 0 Å². The van der Waals surface area contributed by atoms with Gasteiger partial charge in [-0.1, -0.05) is 11.6 Å². The smallest absolute Gasteiger partial charge is 0.308 e. The van der Waals surface area contributed by atoms with E-state index in [4.69, 9.17) is 23.2 Å². The Morgan fingerprint density at radius 2 is 2.18 bits per heavy atom. The molecule has 2 N–H and O–H groups in total. The lowest BCUT2D eigenvalue weighted by Gasteiger charge is -2.17. The van der Waals surface area contributed by atoms with Crippen LogP contribution >= 0.6 is 23.2 Å². The van der Waals surface area contributed by atoms with Crippen molar-refractivity contribution in [3.63, 3.8) is 0 Å². The summed E-state index contributed by atoms with van der Waals surface area (Å²) in [7, 11) is 1.18. The molecule has 8 heteroatoms. The number of aliphatic hydroxyl groups excluding tert-OH is 2. The van der Waals surface area contributed by atoms with Crippen molar-refractivity contribution in [3.05, 3.63) is 22.2 Å². The predicted molar refractivity (Wildman–Crippen MR) is 59.7 cm³/mol. The third-order valence-electron chi connectivity index (χ3n) is 2.03. The Balaban J connectivity index is 2.81. The van der Waals surface area contributed by atoms with Crippen LogP contribution < -0.4 is 0 Å². The average Bonchev–Trinajstić information content (AvgIpc) is 2.28. The second kappa shape index (κ2) is 6.11. The topological polar surface area (TPSA) is 92.5 Å². The number of nitrogens with zero attached hydrogens (tertiary/aromatic N) is 2. The van der Waals surface area contributed by atoms with Crippen molar-refractivity contribution in [3.8, 4) is 0 Å². The second-order valence-electron chi connectivity index (χ2n) is 3.18. The minimum Gasteiger partial charge on any atom is -0.469 e. The summed E-state index contributed by atoms with van der Waals surface area (Å²) < 4.78 is 4.36. The van der Waals surface area contributed by atoms with Crippen LogP contribution in [-0.4, -0.2) is 39.4 Å². The highest BCUT2D eigenvalue weighted by Gasteiger charge is 2.24.